The van der Waals surface area contributed by atoms with Crippen molar-refractivity contribution in [2.75, 3.05) is 58.4 Å². The Kier molecular flexibility index (Phi) is 13.1. The Hall–Kier alpha value is -2.03. The summed E-state index contributed by atoms with van der Waals surface area (Å²) < 4.78 is 16.5. The number of carbonyl (C=O) groups excluding carboxylic acids is 1. The van der Waals surface area contributed by atoms with Gasteiger partial charge in [0.2, 0.25) is 0 Å². The molecule has 1 amide bonds. The first-order chi connectivity index (χ1) is 14.6. The molecule has 0 bridgehead atoms. The lowest BCUT2D eigenvalue weighted by Crippen LogP contribution is -2.40. The highest BCUT2D eigenvalue weighted by atomic mass is 35.5. The molecule has 2 aromatic carbocycles. The summed E-state index contributed by atoms with van der Waals surface area (Å²) in [7, 11) is 1.60. The van der Waals surface area contributed by atoms with Gasteiger partial charge in [-0.05, 0) is 36.8 Å². The predicted molar refractivity (Wildman–Crippen MR) is 132 cm³/mol. The van der Waals surface area contributed by atoms with Crippen LogP contribution in [0.5, 0.6) is 11.5 Å². The number of aryl methyl sites for hydroxylation is 1. The lowest BCUT2D eigenvalue weighted by molar-refractivity contribution is -0.118. The molecule has 1 heterocycles. The summed E-state index contributed by atoms with van der Waals surface area (Å²) in [5, 5.41) is 6.28. The van der Waals surface area contributed by atoms with E-state index in [4.69, 9.17) is 14.2 Å². The second-order valence-corrected chi connectivity index (χ2v) is 7.32. The Labute approximate surface area is 202 Å². The van der Waals surface area contributed by atoms with E-state index < -0.39 is 0 Å². The number of morpholine rings is 1. The van der Waals surface area contributed by atoms with Crippen LogP contribution < -0.4 is 20.1 Å². The van der Waals surface area contributed by atoms with Gasteiger partial charge >= 0.3 is 0 Å². The first-order valence-corrected chi connectivity index (χ1v) is 10.3. The second-order valence-electron chi connectivity index (χ2n) is 7.32. The van der Waals surface area contributed by atoms with Crippen LogP contribution >= 0.6 is 24.8 Å². The standard InChI is InChI=1S/C23H31N3O4.2ClH/c1-18-3-6-20(7-4-18)25-23(27)17-30-21-8-5-19(15-22(21)28-2)16-24-9-10-26-11-13-29-14-12-26;;/h3-8,15,24H,9-14,16-17H2,1-2H3,(H,25,27);2*1H. The molecule has 7 nitrogen and oxygen atoms in total. The minimum absolute atomic E-state index is 0. The monoisotopic (exact) mass is 485 g/mol. The van der Waals surface area contributed by atoms with E-state index in [-0.39, 0.29) is 37.3 Å². The average Bonchev–Trinajstić information content (AvgIpc) is 2.78. The van der Waals surface area contributed by atoms with Gasteiger partial charge < -0.3 is 24.8 Å². The van der Waals surface area contributed by atoms with Crippen LogP contribution in [-0.2, 0) is 16.1 Å². The zero-order valence-corrected chi connectivity index (χ0v) is 20.2. The van der Waals surface area contributed by atoms with Crippen molar-refractivity contribution in [1.82, 2.24) is 10.2 Å². The Morgan fingerprint density at radius 3 is 2.47 bits per heavy atom. The number of hydrogen-bond donors (Lipinski definition) is 2. The number of halogens is 2. The third kappa shape index (κ3) is 9.22. The third-order valence-corrected chi connectivity index (χ3v) is 4.96. The van der Waals surface area contributed by atoms with Crippen LogP contribution in [0.15, 0.2) is 42.5 Å². The van der Waals surface area contributed by atoms with E-state index in [1.807, 2.05) is 49.4 Å². The lowest BCUT2D eigenvalue weighted by atomic mass is 10.2. The number of amides is 1. The van der Waals surface area contributed by atoms with Gasteiger partial charge in [-0.1, -0.05) is 23.8 Å². The molecule has 2 N–H and O–H groups in total. The van der Waals surface area contributed by atoms with Crippen LogP contribution in [0.1, 0.15) is 11.1 Å². The number of hydrogen-bond acceptors (Lipinski definition) is 6. The zero-order chi connectivity index (χ0) is 21.2. The van der Waals surface area contributed by atoms with Crippen molar-refractivity contribution in [3.05, 3.63) is 53.6 Å². The quantitative estimate of drug-likeness (QED) is 0.503. The van der Waals surface area contributed by atoms with Gasteiger partial charge in [0.15, 0.2) is 18.1 Å². The lowest BCUT2D eigenvalue weighted by Gasteiger charge is -2.26. The molecule has 9 heteroatoms. The summed E-state index contributed by atoms with van der Waals surface area (Å²) in [4.78, 5) is 14.5. The third-order valence-electron chi connectivity index (χ3n) is 4.96. The van der Waals surface area contributed by atoms with Crippen LogP contribution in [0.25, 0.3) is 0 Å². The summed E-state index contributed by atoms with van der Waals surface area (Å²) in [5.41, 5.74) is 3.00. The van der Waals surface area contributed by atoms with Gasteiger partial charge in [-0.3, -0.25) is 9.69 Å². The number of methoxy groups -OCH3 is 1. The molecule has 0 unspecified atom stereocenters. The number of carbonyl (C=O) groups is 1. The van der Waals surface area contributed by atoms with Gasteiger partial charge in [-0.25, -0.2) is 0 Å². The van der Waals surface area contributed by atoms with E-state index in [2.05, 4.69) is 15.5 Å². The van der Waals surface area contributed by atoms with Crippen molar-refractivity contribution >= 4 is 36.4 Å². The first-order valence-electron chi connectivity index (χ1n) is 10.3. The largest absolute Gasteiger partial charge is 0.493 e. The van der Waals surface area contributed by atoms with Gasteiger partial charge in [0.05, 0.1) is 20.3 Å². The topological polar surface area (TPSA) is 72.1 Å². The molecule has 0 spiro atoms. The fourth-order valence-corrected chi connectivity index (χ4v) is 3.21. The molecule has 1 aliphatic heterocycles. The Bertz CT molecular complexity index is 815. The van der Waals surface area contributed by atoms with Gasteiger partial charge in [0, 0.05) is 38.4 Å². The normalized spacial score (nSPS) is 13.4. The van der Waals surface area contributed by atoms with Crippen molar-refractivity contribution in [2.45, 2.75) is 13.5 Å². The summed E-state index contributed by atoms with van der Waals surface area (Å²) in [6, 6.07) is 13.4. The Balaban J connectivity index is 0.00000256. The van der Waals surface area contributed by atoms with Crippen LogP contribution in [0, 0.1) is 6.92 Å². The van der Waals surface area contributed by atoms with E-state index in [9.17, 15) is 4.79 Å². The van der Waals surface area contributed by atoms with E-state index in [0.717, 1.165) is 62.8 Å². The highest BCUT2D eigenvalue weighted by Crippen LogP contribution is 2.28. The summed E-state index contributed by atoms with van der Waals surface area (Å²) >= 11 is 0. The summed E-state index contributed by atoms with van der Waals surface area (Å²) in [6.45, 7) is 8.24. The minimum atomic E-state index is -0.213. The molecule has 0 saturated carbocycles. The highest BCUT2D eigenvalue weighted by Gasteiger charge is 2.11. The van der Waals surface area contributed by atoms with Crippen LogP contribution in [0.3, 0.4) is 0 Å². The minimum Gasteiger partial charge on any atom is -0.493 e. The smallest absolute Gasteiger partial charge is 0.262 e. The summed E-state index contributed by atoms with van der Waals surface area (Å²) in [5.74, 6) is 0.953. The number of ether oxygens (including phenoxy) is 3. The molecule has 0 aliphatic carbocycles. The van der Waals surface area contributed by atoms with Gasteiger partial charge in [-0.15, -0.1) is 24.8 Å². The van der Waals surface area contributed by atoms with Gasteiger partial charge in [0.25, 0.3) is 5.91 Å². The predicted octanol–water partition coefficient (Wildman–Crippen LogP) is 3.29. The molecule has 3 rings (SSSR count). The van der Waals surface area contributed by atoms with Crippen molar-refractivity contribution in [2.24, 2.45) is 0 Å². The summed E-state index contributed by atoms with van der Waals surface area (Å²) in [6.07, 6.45) is 0. The van der Waals surface area contributed by atoms with Crippen LogP contribution in [0.2, 0.25) is 0 Å². The second kappa shape index (κ2) is 14.9. The molecule has 178 valence electrons. The van der Waals surface area contributed by atoms with Gasteiger partial charge in [0.1, 0.15) is 0 Å². The molecule has 0 atom stereocenters. The number of rotatable bonds is 10. The number of nitrogens with zero attached hydrogens (tertiary/aromatic N) is 1. The number of benzene rings is 2. The Morgan fingerprint density at radius 1 is 1.06 bits per heavy atom. The molecular weight excluding hydrogens is 453 g/mol. The van der Waals surface area contributed by atoms with Gasteiger partial charge in [-0.2, -0.15) is 0 Å². The molecule has 0 aromatic heterocycles. The van der Waals surface area contributed by atoms with E-state index >= 15 is 0 Å². The fourth-order valence-electron chi connectivity index (χ4n) is 3.21. The van der Waals surface area contributed by atoms with Crippen molar-refractivity contribution in [1.29, 1.82) is 0 Å². The molecule has 1 aliphatic rings. The number of anilines is 1. The first kappa shape index (κ1) is 28.0. The molecule has 0 radical (unpaired) electrons. The molecule has 1 saturated heterocycles. The van der Waals surface area contributed by atoms with Crippen molar-refractivity contribution < 1.29 is 19.0 Å². The highest BCUT2D eigenvalue weighted by molar-refractivity contribution is 5.91. The average molecular weight is 486 g/mol. The SMILES string of the molecule is COc1cc(CNCCN2CCOCC2)ccc1OCC(=O)Nc1ccc(C)cc1.Cl.Cl. The maximum atomic E-state index is 12.1. The van der Waals surface area contributed by atoms with E-state index in [1.54, 1.807) is 7.11 Å². The molecule has 2 aromatic rings. The van der Waals surface area contributed by atoms with E-state index in [0.29, 0.717) is 11.5 Å². The number of nitrogens with one attached hydrogen (secondary N) is 2. The van der Waals surface area contributed by atoms with Crippen molar-refractivity contribution in [3.8, 4) is 11.5 Å². The zero-order valence-electron chi connectivity index (χ0n) is 18.6. The molecule has 32 heavy (non-hydrogen) atoms. The maximum Gasteiger partial charge on any atom is 0.262 e. The van der Waals surface area contributed by atoms with Crippen LogP contribution in [-0.4, -0.2) is 63.9 Å². The fraction of sp³-hybridized carbons (Fsp3) is 0.435. The van der Waals surface area contributed by atoms with E-state index in [1.165, 1.54) is 0 Å². The molecule has 1 fully saturated rings. The molecular formula is C23H33Cl2N3O4. The van der Waals surface area contributed by atoms with Crippen LogP contribution in [0.4, 0.5) is 5.69 Å². The Morgan fingerprint density at radius 2 is 1.78 bits per heavy atom. The maximum absolute atomic E-state index is 12.1. The van der Waals surface area contributed by atoms with Crippen molar-refractivity contribution in [3.63, 3.8) is 0 Å².